The minimum atomic E-state index is -0.348. The van der Waals surface area contributed by atoms with Crippen molar-refractivity contribution in [2.24, 2.45) is 0 Å². The van der Waals surface area contributed by atoms with Crippen LogP contribution in [-0.4, -0.2) is 35.2 Å². The molecule has 152 valence electrons. The maximum atomic E-state index is 12.3. The van der Waals surface area contributed by atoms with E-state index in [0.717, 1.165) is 29.1 Å². The van der Waals surface area contributed by atoms with Gasteiger partial charge >= 0.3 is 5.97 Å². The fraction of sp³-hybridized carbons (Fsp3) is 0.455. The van der Waals surface area contributed by atoms with E-state index in [9.17, 15) is 4.79 Å². The zero-order valence-corrected chi connectivity index (χ0v) is 19.0. The highest BCUT2D eigenvalue weighted by Gasteiger charge is 2.24. The molecule has 1 aromatic carbocycles. The summed E-state index contributed by atoms with van der Waals surface area (Å²) in [6, 6.07) is 12.8. The van der Waals surface area contributed by atoms with Crippen LogP contribution in [0.5, 0.6) is 0 Å². The average Bonchev–Trinajstić information content (AvgIpc) is 3.09. The lowest BCUT2D eigenvalue weighted by Gasteiger charge is -2.36. The van der Waals surface area contributed by atoms with Gasteiger partial charge in [-0.3, -0.25) is 0 Å². The maximum Gasteiger partial charge on any atom is 0.340 e. The smallest absolute Gasteiger partial charge is 0.340 e. The van der Waals surface area contributed by atoms with E-state index in [1.165, 1.54) is 12.7 Å². The zero-order valence-electron chi connectivity index (χ0n) is 17.3. The van der Waals surface area contributed by atoms with Gasteiger partial charge in [-0.2, -0.15) is 0 Å². The molecule has 4 nitrogen and oxygen atoms in total. The maximum absolute atomic E-state index is 12.3. The number of hydrogen-bond donors (Lipinski definition) is 1. The summed E-state index contributed by atoms with van der Waals surface area (Å²) in [5.74, 6) is -0.348. The highest BCUT2D eigenvalue weighted by Crippen LogP contribution is 2.31. The predicted octanol–water partition coefficient (Wildman–Crippen LogP) is 5.72. The molecule has 1 N–H and O–H groups in total. The molecule has 0 amide bonds. The number of nitrogens with one attached hydrogen (secondary N) is 1. The van der Waals surface area contributed by atoms with Crippen molar-refractivity contribution < 1.29 is 9.53 Å². The van der Waals surface area contributed by atoms with Gasteiger partial charge in [0, 0.05) is 23.4 Å². The Kier molecular flexibility index (Phi) is 8.45. The van der Waals surface area contributed by atoms with Crippen molar-refractivity contribution in [3.8, 4) is 0 Å². The summed E-state index contributed by atoms with van der Waals surface area (Å²) in [4.78, 5) is 15.6. The number of benzene rings is 1. The Labute approximate surface area is 177 Å². The number of carbonyl (C=O) groups excluding carboxylic acids is 1. The van der Waals surface area contributed by atoms with Gasteiger partial charge in [0.25, 0.3) is 0 Å². The Bertz CT molecular complexity index is 779. The second-order valence-corrected chi connectivity index (χ2v) is 8.48. The van der Waals surface area contributed by atoms with Gasteiger partial charge in [-0.15, -0.1) is 11.3 Å². The minimum absolute atomic E-state index is 0.320. The molecule has 28 heavy (non-hydrogen) atoms. The lowest BCUT2D eigenvalue weighted by Crippen LogP contribution is -2.46. The van der Waals surface area contributed by atoms with Crippen molar-refractivity contribution in [2.45, 2.75) is 59.0 Å². The first-order valence-corrected chi connectivity index (χ1v) is 11.0. The minimum Gasteiger partial charge on any atom is -0.465 e. The molecule has 0 aliphatic rings. The number of thiocarbonyl (C=S) groups is 1. The van der Waals surface area contributed by atoms with Crippen LogP contribution in [0.3, 0.4) is 0 Å². The molecular weight excluding hydrogens is 388 g/mol. The van der Waals surface area contributed by atoms with E-state index in [-0.39, 0.29) is 5.97 Å². The molecule has 0 radical (unpaired) electrons. The normalized spacial score (nSPS) is 12.9. The van der Waals surface area contributed by atoms with E-state index in [0.29, 0.717) is 22.8 Å². The van der Waals surface area contributed by atoms with Gasteiger partial charge in [-0.1, -0.05) is 44.2 Å². The highest BCUT2D eigenvalue weighted by molar-refractivity contribution is 7.80. The van der Waals surface area contributed by atoms with Crippen molar-refractivity contribution in [2.75, 3.05) is 12.4 Å². The summed E-state index contributed by atoms with van der Waals surface area (Å²) in [5, 5.41) is 4.74. The zero-order chi connectivity index (χ0) is 20.7. The highest BCUT2D eigenvalue weighted by atomic mass is 32.1. The first-order valence-electron chi connectivity index (χ1n) is 9.75. The average molecular weight is 419 g/mol. The number of esters is 1. The number of methoxy groups -OCH3 is 1. The number of nitrogens with zero attached hydrogens (tertiary/aromatic N) is 1. The van der Waals surface area contributed by atoms with Crippen LogP contribution in [0.25, 0.3) is 0 Å². The first kappa shape index (κ1) is 22.4. The number of thiophene rings is 1. The van der Waals surface area contributed by atoms with Crippen LogP contribution >= 0.6 is 23.6 Å². The molecule has 0 saturated carbocycles. The fourth-order valence-corrected chi connectivity index (χ4v) is 4.67. The van der Waals surface area contributed by atoms with E-state index < -0.39 is 0 Å². The molecule has 6 heteroatoms. The summed E-state index contributed by atoms with van der Waals surface area (Å²) in [6.07, 6.45) is 2.77. The lowest BCUT2D eigenvalue weighted by atomic mass is 10.1. The largest absolute Gasteiger partial charge is 0.465 e. The molecule has 0 bridgehead atoms. The molecular formula is C22H30N2O2S2. The summed E-state index contributed by atoms with van der Waals surface area (Å²) in [6.45, 7) is 8.67. The van der Waals surface area contributed by atoms with Crippen LogP contribution in [0.2, 0.25) is 0 Å². The van der Waals surface area contributed by atoms with Crippen LogP contribution < -0.4 is 5.32 Å². The second-order valence-electron chi connectivity index (χ2n) is 6.96. The van der Waals surface area contributed by atoms with Crippen LogP contribution in [0, 0.1) is 0 Å². The number of hydrogen-bond acceptors (Lipinski definition) is 4. The Balaban J connectivity index is 2.29. The van der Waals surface area contributed by atoms with Crippen LogP contribution in [0.15, 0.2) is 36.4 Å². The Morgan fingerprint density at radius 3 is 2.32 bits per heavy atom. The molecule has 2 unspecified atom stereocenters. The Morgan fingerprint density at radius 1 is 1.18 bits per heavy atom. The van der Waals surface area contributed by atoms with Crippen LogP contribution in [-0.2, 0) is 11.2 Å². The van der Waals surface area contributed by atoms with Crippen molar-refractivity contribution in [1.29, 1.82) is 0 Å². The summed E-state index contributed by atoms with van der Waals surface area (Å²) in [7, 11) is 1.41. The predicted molar refractivity (Wildman–Crippen MR) is 122 cm³/mol. The quantitative estimate of drug-likeness (QED) is 0.438. The molecule has 2 rings (SSSR count). The monoisotopic (exact) mass is 418 g/mol. The van der Waals surface area contributed by atoms with E-state index in [1.54, 1.807) is 11.3 Å². The van der Waals surface area contributed by atoms with Gasteiger partial charge in [0.05, 0.1) is 12.7 Å². The standard InChI is InChI=1S/C22H30N2O2S2/c1-6-15(3)24(16(4)7-2)22(27)23-20-19(21(25)26-5)14-18(28-20)13-17-11-9-8-10-12-17/h8-12,14-16H,6-7,13H2,1-5H3,(H,23,27). The molecule has 0 aliphatic carbocycles. The van der Waals surface area contributed by atoms with E-state index in [1.807, 2.05) is 24.3 Å². The molecule has 0 saturated heterocycles. The van der Waals surface area contributed by atoms with Crippen molar-refractivity contribution >= 4 is 39.6 Å². The van der Waals surface area contributed by atoms with E-state index >= 15 is 0 Å². The van der Waals surface area contributed by atoms with Crippen molar-refractivity contribution in [3.05, 3.63) is 52.4 Å². The number of rotatable bonds is 8. The van der Waals surface area contributed by atoms with Gasteiger partial charge in [0.2, 0.25) is 0 Å². The number of carbonyl (C=O) groups is 1. The molecule has 1 aromatic heterocycles. The summed E-state index contributed by atoms with van der Waals surface area (Å²) >= 11 is 7.29. The molecule has 0 aliphatic heterocycles. The fourth-order valence-electron chi connectivity index (χ4n) is 3.07. The third kappa shape index (κ3) is 5.55. The van der Waals surface area contributed by atoms with E-state index in [2.05, 4.69) is 50.0 Å². The molecule has 1 heterocycles. The Morgan fingerprint density at radius 2 is 1.79 bits per heavy atom. The third-order valence-corrected chi connectivity index (χ3v) is 6.36. The lowest BCUT2D eigenvalue weighted by molar-refractivity contribution is 0.0602. The van der Waals surface area contributed by atoms with Crippen LogP contribution in [0.1, 0.15) is 61.3 Å². The number of ether oxygens (including phenoxy) is 1. The Hall–Kier alpha value is -1.92. The van der Waals surface area contributed by atoms with Crippen molar-refractivity contribution in [1.82, 2.24) is 4.90 Å². The summed E-state index contributed by atoms with van der Waals surface area (Å²) < 4.78 is 4.99. The van der Waals surface area contributed by atoms with Gasteiger partial charge < -0.3 is 15.0 Å². The SMILES string of the molecule is CCC(C)N(C(=S)Nc1sc(Cc2ccccc2)cc1C(=O)OC)C(C)CC. The topological polar surface area (TPSA) is 41.6 Å². The van der Waals surface area contributed by atoms with Gasteiger partial charge in [-0.05, 0) is 50.5 Å². The first-order chi connectivity index (χ1) is 13.4. The molecule has 2 atom stereocenters. The number of anilines is 1. The van der Waals surface area contributed by atoms with E-state index in [4.69, 9.17) is 17.0 Å². The van der Waals surface area contributed by atoms with Gasteiger partial charge in [-0.25, -0.2) is 4.79 Å². The molecule has 0 spiro atoms. The molecule has 0 fully saturated rings. The van der Waals surface area contributed by atoms with Gasteiger partial charge in [0.15, 0.2) is 5.11 Å². The van der Waals surface area contributed by atoms with Gasteiger partial charge in [0.1, 0.15) is 5.00 Å². The second kappa shape index (κ2) is 10.6. The third-order valence-electron chi connectivity index (χ3n) is 5.00. The molecule has 2 aromatic rings. The van der Waals surface area contributed by atoms with Crippen LogP contribution in [0.4, 0.5) is 5.00 Å². The van der Waals surface area contributed by atoms with Crippen molar-refractivity contribution in [3.63, 3.8) is 0 Å². The summed E-state index contributed by atoms with van der Waals surface area (Å²) in [5.41, 5.74) is 1.74.